The van der Waals surface area contributed by atoms with Gasteiger partial charge < -0.3 is 5.32 Å². The van der Waals surface area contributed by atoms with E-state index in [9.17, 15) is 9.59 Å². The lowest BCUT2D eigenvalue weighted by molar-refractivity contribution is -0.118. The Balaban J connectivity index is 2.06. The van der Waals surface area contributed by atoms with Crippen LogP contribution in [0.2, 0.25) is 5.02 Å². The summed E-state index contributed by atoms with van der Waals surface area (Å²) in [6, 6.07) is 5.82. The number of anilines is 1. The van der Waals surface area contributed by atoms with Crippen LogP contribution in [0.1, 0.15) is 36.1 Å². The maximum Gasteiger partial charge on any atom is 0.251 e. The maximum absolute atomic E-state index is 12.5. The molecule has 0 saturated heterocycles. The van der Waals surface area contributed by atoms with Crippen molar-refractivity contribution in [3.05, 3.63) is 39.9 Å². The summed E-state index contributed by atoms with van der Waals surface area (Å²) in [7, 11) is 0. The van der Waals surface area contributed by atoms with Gasteiger partial charge in [-0.25, -0.2) is 0 Å². The van der Waals surface area contributed by atoms with Crippen molar-refractivity contribution in [3.8, 4) is 0 Å². The van der Waals surface area contributed by atoms with Crippen LogP contribution in [0.15, 0.2) is 24.3 Å². The molecule has 8 heteroatoms. The molecule has 1 heterocycles. The predicted molar refractivity (Wildman–Crippen MR) is 95.5 cm³/mol. The summed E-state index contributed by atoms with van der Waals surface area (Å²) in [5.41, 5.74) is 0.446. The van der Waals surface area contributed by atoms with Gasteiger partial charge in [-0.1, -0.05) is 43.7 Å². The lowest BCUT2D eigenvalue weighted by Crippen LogP contribution is -2.47. The third-order valence-corrected chi connectivity index (χ3v) is 4.58. The molecule has 0 radical (unpaired) electrons. The molecule has 0 fully saturated rings. The van der Waals surface area contributed by atoms with E-state index in [1.54, 1.807) is 24.3 Å². The van der Waals surface area contributed by atoms with Crippen LogP contribution in [0.4, 0.5) is 5.13 Å². The minimum Gasteiger partial charge on any atom is -0.340 e. The quantitative estimate of drug-likeness (QED) is 0.822. The van der Waals surface area contributed by atoms with E-state index >= 15 is 0 Å². The normalized spacial score (nSPS) is 12.0. The Labute approximate surface area is 149 Å². The molecule has 0 aliphatic rings. The number of aromatic nitrogens is 2. The molecule has 6 nitrogen and oxygen atoms in total. The van der Waals surface area contributed by atoms with Gasteiger partial charge in [0.25, 0.3) is 5.91 Å². The average molecular weight is 367 g/mol. The first kappa shape index (κ1) is 18.4. The predicted octanol–water partition coefficient (Wildman–Crippen LogP) is 3.15. The van der Waals surface area contributed by atoms with Crippen molar-refractivity contribution < 1.29 is 9.59 Å². The number of nitrogens with zero attached hydrogens (tertiary/aromatic N) is 2. The number of carbonyl (C=O) groups excluding carboxylic acids is 2. The smallest absolute Gasteiger partial charge is 0.251 e. The number of rotatable bonds is 6. The molecule has 2 N–H and O–H groups in total. The number of aryl methyl sites for hydroxylation is 1. The summed E-state index contributed by atoms with van der Waals surface area (Å²) in [6.07, 6.45) is 0.758. The summed E-state index contributed by atoms with van der Waals surface area (Å²) < 4.78 is 0. The number of amides is 2. The van der Waals surface area contributed by atoms with Crippen LogP contribution in [0, 0.1) is 5.92 Å². The Morgan fingerprint density at radius 1 is 1.21 bits per heavy atom. The van der Waals surface area contributed by atoms with Crippen LogP contribution in [0.5, 0.6) is 0 Å². The van der Waals surface area contributed by atoms with Crippen molar-refractivity contribution in [1.82, 2.24) is 15.5 Å². The molecule has 2 amide bonds. The van der Waals surface area contributed by atoms with Crippen LogP contribution < -0.4 is 10.6 Å². The molecule has 0 spiro atoms. The van der Waals surface area contributed by atoms with Crippen molar-refractivity contribution in [1.29, 1.82) is 0 Å². The van der Waals surface area contributed by atoms with Gasteiger partial charge in [0.05, 0.1) is 0 Å². The lowest BCUT2D eigenvalue weighted by atomic mass is 10.0. The Kier molecular flexibility index (Phi) is 6.28. The summed E-state index contributed by atoms with van der Waals surface area (Å²) in [4.78, 5) is 24.8. The van der Waals surface area contributed by atoms with Gasteiger partial charge in [-0.15, -0.1) is 10.2 Å². The monoisotopic (exact) mass is 366 g/mol. The van der Waals surface area contributed by atoms with Gasteiger partial charge >= 0.3 is 0 Å². The molecule has 2 aromatic rings. The van der Waals surface area contributed by atoms with Crippen molar-refractivity contribution in [2.24, 2.45) is 5.92 Å². The fourth-order valence-electron chi connectivity index (χ4n) is 1.99. The van der Waals surface area contributed by atoms with Crippen molar-refractivity contribution >= 4 is 39.9 Å². The van der Waals surface area contributed by atoms with E-state index in [1.807, 2.05) is 20.8 Å². The van der Waals surface area contributed by atoms with E-state index in [1.165, 1.54) is 11.3 Å². The van der Waals surface area contributed by atoms with E-state index in [-0.39, 0.29) is 17.7 Å². The second-order valence-electron chi connectivity index (χ2n) is 5.55. The van der Waals surface area contributed by atoms with E-state index in [2.05, 4.69) is 20.8 Å². The first-order chi connectivity index (χ1) is 11.4. The highest BCUT2D eigenvalue weighted by atomic mass is 35.5. The number of hydrogen-bond acceptors (Lipinski definition) is 5. The third-order valence-electron chi connectivity index (χ3n) is 3.34. The first-order valence-electron chi connectivity index (χ1n) is 7.60. The molecular formula is C16H19ClN4O2S. The maximum atomic E-state index is 12.5. The Hall–Kier alpha value is -1.99. The second-order valence-corrected chi connectivity index (χ2v) is 7.04. The van der Waals surface area contributed by atoms with Crippen LogP contribution in [0.25, 0.3) is 0 Å². The molecule has 0 aliphatic heterocycles. The number of nitrogens with one attached hydrogen (secondary N) is 2. The zero-order chi connectivity index (χ0) is 17.7. The van der Waals surface area contributed by atoms with E-state index in [0.29, 0.717) is 15.7 Å². The zero-order valence-corrected chi connectivity index (χ0v) is 15.2. The number of halogens is 1. The van der Waals surface area contributed by atoms with Gasteiger partial charge in [0, 0.05) is 10.6 Å². The second kappa shape index (κ2) is 8.21. The largest absolute Gasteiger partial charge is 0.340 e. The third kappa shape index (κ3) is 4.75. The molecule has 128 valence electrons. The number of carbonyl (C=O) groups is 2. The minimum atomic E-state index is -0.679. The SMILES string of the molecule is CCc1nnc(NC(=O)[C@H](NC(=O)c2ccc(Cl)cc2)C(C)C)s1. The molecule has 0 saturated carbocycles. The van der Waals surface area contributed by atoms with Crippen LogP contribution in [-0.4, -0.2) is 28.1 Å². The molecule has 0 bridgehead atoms. The molecule has 1 aromatic carbocycles. The summed E-state index contributed by atoms with van der Waals surface area (Å²) in [5.74, 6) is -0.724. The highest BCUT2D eigenvalue weighted by Crippen LogP contribution is 2.17. The fraction of sp³-hybridized carbons (Fsp3) is 0.375. The Bertz CT molecular complexity index is 715. The molecule has 0 aliphatic carbocycles. The molecule has 1 atom stereocenters. The van der Waals surface area contributed by atoms with Gasteiger partial charge in [-0.05, 0) is 36.6 Å². The average Bonchev–Trinajstić information content (AvgIpc) is 3.00. The molecule has 2 rings (SSSR count). The van der Waals surface area contributed by atoms with E-state index in [0.717, 1.165) is 11.4 Å². The highest BCUT2D eigenvalue weighted by molar-refractivity contribution is 7.15. The summed E-state index contributed by atoms with van der Waals surface area (Å²) in [5, 5.41) is 15.2. The first-order valence-corrected chi connectivity index (χ1v) is 8.79. The zero-order valence-electron chi connectivity index (χ0n) is 13.7. The van der Waals surface area contributed by atoms with Crippen LogP contribution in [0.3, 0.4) is 0 Å². The highest BCUT2D eigenvalue weighted by Gasteiger charge is 2.25. The summed E-state index contributed by atoms with van der Waals surface area (Å²) >= 11 is 7.15. The van der Waals surface area contributed by atoms with Gasteiger partial charge in [-0.2, -0.15) is 0 Å². The van der Waals surface area contributed by atoms with Crippen molar-refractivity contribution in [2.75, 3.05) is 5.32 Å². The van der Waals surface area contributed by atoms with Crippen LogP contribution in [-0.2, 0) is 11.2 Å². The van der Waals surface area contributed by atoms with Gasteiger partial charge in [0.2, 0.25) is 11.0 Å². The molecular weight excluding hydrogens is 348 g/mol. The topological polar surface area (TPSA) is 84.0 Å². The minimum absolute atomic E-state index is 0.0835. The lowest BCUT2D eigenvalue weighted by Gasteiger charge is -2.21. The van der Waals surface area contributed by atoms with Gasteiger partial charge in [0.1, 0.15) is 11.0 Å². The van der Waals surface area contributed by atoms with Gasteiger partial charge in [0.15, 0.2) is 0 Å². The van der Waals surface area contributed by atoms with Crippen molar-refractivity contribution in [2.45, 2.75) is 33.2 Å². The molecule has 1 aromatic heterocycles. The fourth-order valence-corrected chi connectivity index (χ4v) is 2.80. The van der Waals surface area contributed by atoms with E-state index < -0.39 is 6.04 Å². The number of hydrogen-bond donors (Lipinski definition) is 2. The standard InChI is InChI=1S/C16H19ClN4O2S/c1-4-12-20-21-16(24-12)19-15(23)13(9(2)3)18-14(22)10-5-7-11(17)8-6-10/h5-9,13H,4H2,1-3H3,(H,18,22)(H,19,21,23)/t13-/m1/s1. The number of benzene rings is 1. The molecule has 0 unspecified atom stereocenters. The molecule has 24 heavy (non-hydrogen) atoms. The Morgan fingerprint density at radius 2 is 1.88 bits per heavy atom. The van der Waals surface area contributed by atoms with Crippen molar-refractivity contribution in [3.63, 3.8) is 0 Å². The van der Waals surface area contributed by atoms with Gasteiger partial charge in [-0.3, -0.25) is 14.9 Å². The Morgan fingerprint density at radius 3 is 2.42 bits per heavy atom. The van der Waals surface area contributed by atoms with Crippen LogP contribution >= 0.6 is 22.9 Å². The summed E-state index contributed by atoms with van der Waals surface area (Å²) in [6.45, 7) is 5.70. The van der Waals surface area contributed by atoms with E-state index in [4.69, 9.17) is 11.6 Å².